The number of rotatable bonds is 6. The van der Waals surface area contributed by atoms with Crippen molar-refractivity contribution in [3.63, 3.8) is 0 Å². The third-order valence-corrected chi connectivity index (χ3v) is 3.13. The highest BCUT2D eigenvalue weighted by Gasteiger charge is 2.12. The molecule has 0 saturated heterocycles. The van der Waals surface area contributed by atoms with Crippen molar-refractivity contribution in [2.45, 2.75) is 0 Å². The van der Waals surface area contributed by atoms with Gasteiger partial charge in [0.2, 0.25) is 0 Å². The van der Waals surface area contributed by atoms with Crippen LogP contribution in [0, 0.1) is 0 Å². The van der Waals surface area contributed by atoms with Crippen LogP contribution in [0.25, 0.3) is 6.08 Å². The van der Waals surface area contributed by atoms with E-state index in [0.29, 0.717) is 18.7 Å². The average Bonchev–Trinajstić information content (AvgIpc) is 2.81. The monoisotopic (exact) mass is 269 g/mol. The molecule has 1 rings (SSSR count). The molecule has 1 aromatic heterocycles. The lowest BCUT2D eigenvalue weighted by molar-refractivity contribution is -0.131. The van der Waals surface area contributed by atoms with E-state index < -0.39 is 5.97 Å². The number of carbonyl (C=O) groups excluding carboxylic acids is 1. The maximum atomic E-state index is 11.9. The molecule has 1 heterocycles. The summed E-state index contributed by atoms with van der Waals surface area (Å²) in [4.78, 5) is 24.6. The van der Waals surface area contributed by atoms with E-state index in [1.807, 2.05) is 0 Å². The molecule has 6 heteroatoms. The van der Waals surface area contributed by atoms with Crippen LogP contribution in [0.1, 0.15) is 15.2 Å². The number of carboxylic acid groups (broad SMARTS) is 1. The maximum absolute atomic E-state index is 11.9. The molecule has 0 saturated carbocycles. The molecule has 5 nitrogen and oxygen atoms in total. The van der Waals surface area contributed by atoms with Gasteiger partial charge in [0.05, 0.1) is 12.2 Å². The molecule has 0 atom stereocenters. The van der Waals surface area contributed by atoms with Crippen LogP contribution in [0.15, 0.2) is 17.5 Å². The van der Waals surface area contributed by atoms with Gasteiger partial charge in [-0.3, -0.25) is 4.79 Å². The molecule has 0 bridgehead atoms. The molecule has 0 aromatic carbocycles. The first-order valence-electron chi connectivity index (χ1n) is 5.28. The quantitative estimate of drug-likeness (QED) is 0.796. The van der Waals surface area contributed by atoms with Crippen LogP contribution in [-0.4, -0.2) is 49.2 Å². The molecule has 1 N–H and O–H groups in total. The summed E-state index contributed by atoms with van der Waals surface area (Å²) in [7, 11) is 3.28. The van der Waals surface area contributed by atoms with Gasteiger partial charge in [0.25, 0.3) is 5.91 Å². The summed E-state index contributed by atoms with van der Waals surface area (Å²) in [6.07, 6.45) is 2.52. The fourth-order valence-electron chi connectivity index (χ4n) is 1.26. The van der Waals surface area contributed by atoms with Crippen LogP contribution in [0.3, 0.4) is 0 Å². The smallest absolute Gasteiger partial charge is 0.328 e. The first kappa shape index (κ1) is 14.4. The Morgan fingerprint density at radius 2 is 2.28 bits per heavy atom. The van der Waals surface area contributed by atoms with Gasteiger partial charge < -0.3 is 14.7 Å². The van der Waals surface area contributed by atoms with Gasteiger partial charge in [-0.2, -0.15) is 0 Å². The van der Waals surface area contributed by atoms with Crippen molar-refractivity contribution in [3.05, 3.63) is 28.0 Å². The van der Waals surface area contributed by atoms with Crippen LogP contribution in [0.2, 0.25) is 0 Å². The summed E-state index contributed by atoms with van der Waals surface area (Å²) in [5.41, 5.74) is 0.559. The molecular weight excluding hydrogens is 254 g/mol. The van der Waals surface area contributed by atoms with Crippen molar-refractivity contribution in [2.24, 2.45) is 0 Å². The zero-order valence-electron chi connectivity index (χ0n) is 10.3. The molecule has 1 amide bonds. The van der Waals surface area contributed by atoms with Crippen LogP contribution < -0.4 is 0 Å². The number of hydrogen-bond acceptors (Lipinski definition) is 4. The molecule has 0 fully saturated rings. The Balaban J connectivity index is 2.67. The first-order valence-corrected chi connectivity index (χ1v) is 6.16. The predicted octanol–water partition coefficient (Wildman–Crippen LogP) is 1.56. The first-order chi connectivity index (χ1) is 8.54. The number of aliphatic carboxylic acids is 1. The minimum absolute atomic E-state index is 0.0988. The molecule has 0 spiro atoms. The number of ether oxygens (including phenoxy) is 1. The van der Waals surface area contributed by atoms with E-state index in [1.54, 1.807) is 30.5 Å². The molecular formula is C12H15NO4S. The lowest BCUT2D eigenvalue weighted by atomic mass is 10.2. The van der Waals surface area contributed by atoms with Gasteiger partial charge >= 0.3 is 5.97 Å². The van der Waals surface area contributed by atoms with E-state index >= 15 is 0 Å². The minimum atomic E-state index is -1.01. The van der Waals surface area contributed by atoms with Gasteiger partial charge in [0, 0.05) is 37.0 Å². The molecule has 0 radical (unpaired) electrons. The Kier molecular flexibility index (Phi) is 5.54. The number of amides is 1. The van der Waals surface area contributed by atoms with Crippen LogP contribution >= 0.6 is 11.3 Å². The zero-order valence-corrected chi connectivity index (χ0v) is 11.1. The van der Waals surface area contributed by atoms with Gasteiger partial charge in [0.1, 0.15) is 0 Å². The lowest BCUT2D eigenvalue weighted by Crippen LogP contribution is -2.29. The summed E-state index contributed by atoms with van der Waals surface area (Å²) in [6, 6.07) is 1.68. The highest BCUT2D eigenvalue weighted by Crippen LogP contribution is 2.17. The predicted molar refractivity (Wildman–Crippen MR) is 69.8 cm³/mol. The molecule has 0 aliphatic heterocycles. The van der Waals surface area contributed by atoms with Gasteiger partial charge in [0.15, 0.2) is 0 Å². The molecule has 18 heavy (non-hydrogen) atoms. The standard InChI is InChI=1S/C12H15NO4S/c1-13(5-6-17-2)12(16)9-7-10(18-8-9)3-4-11(14)15/h3-4,7-8H,5-6H2,1-2H3,(H,14,15). The molecule has 0 aliphatic carbocycles. The van der Waals surface area contributed by atoms with E-state index in [2.05, 4.69) is 0 Å². The number of hydrogen-bond donors (Lipinski definition) is 1. The van der Waals surface area contributed by atoms with E-state index in [4.69, 9.17) is 9.84 Å². The highest BCUT2D eigenvalue weighted by molar-refractivity contribution is 7.11. The summed E-state index contributed by atoms with van der Waals surface area (Å²) < 4.78 is 4.90. The normalized spacial score (nSPS) is 10.8. The number of carbonyl (C=O) groups is 2. The van der Waals surface area contributed by atoms with Gasteiger partial charge in [-0.1, -0.05) is 0 Å². The van der Waals surface area contributed by atoms with E-state index in [1.165, 1.54) is 17.4 Å². The fraction of sp³-hybridized carbons (Fsp3) is 0.333. The summed E-state index contributed by atoms with van der Waals surface area (Å²) in [5, 5.41) is 10.2. The average molecular weight is 269 g/mol. The third kappa shape index (κ3) is 4.31. The van der Waals surface area contributed by atoms with E-state index in [-0.39, 0.29) is 5.91 Å². The maximum Gasteiger partial charge on any atom is 0.328 e. The van der Waals surface area contributed by atoms with Crippen LogP contribution in [0.4, 0.5) is 0 Å². The summed E-state index contributed by atoms with van der Waals surface area (Å²) in [6.45, 7) is 1.00. The molecule has 0 unspecified atom stereocenters. The van der Waals surface area contributed by atoms with Crippen molar-refractivity contribution in [1.82, 2.24) is 4.90 Å². The summed E-state index contributed by atoms with van der Waals surface area (Å²) >= 11 is 1.33. The van der Waals surface area contributed by atoms with E-state index in [0.717, 1.165) is 11.0 Å². The molecule has 0 aliphatic rings. The Bertz CT molecular complexity index is 453. The van der Waals surface area contributed by atoms with Crippen molar-refractivity contribution in [3.8, 4) is 0 Å². The van der Waals surface area contributed by atoms with E-state index in [9.17, 15) is 9.59 Å². The third-order valence-electron chi connectivity index (χ3n) is 2.23. The Hall–Kier alpha value is -1.66. The van der Waals surface area contributed by atoms with Gasteiger partial charge in [-0.05, 0) is 12.1 Å². The SMILES string of the molecule is COCCN(C)C(=O)c1csc(C=CC(=O)O)c1. The van der Waals surface area contributed by atoms with Crippen molar-refractivity contribution < 1.29 is 19.4 Å². The number of likely N-dealkylation sites (N-methyl/N-ethyl adjacent to an activating group) is 1. The number of carboxylic acids is 1. The van der Waals surface area contributed by atoms with Crippen molar-refractivity contribution in [2.75, 3.05) is 27.3 Å². The molecule has 1 aromatic rings. The van der Waals surface area contributed by atoms with Crippen molar-refractivity contribution >= 4 is 29.3 Å². The largest absolute Gasteiger partial charge is 0.478 e. The second-order valence-corrected chi connectivity index (χ2v) is 4.57. The fourth-order valence-corrected chi connectivity index (χ4v) is 2.03. The Labute approximate surface area is 109 Å². The van der Waals surface area contributed by atoms with Crippen molar-refractivity contribution in [1.29, 1.82) is 0 Å². The second-order valence-electron chi connectivity index (χ2n) is 3.63. The highest BCUT2D eigenvalue weighted by atomic mass is 32.1. The lowest BCUT2D eigenvalue weighted by Gasteiger charge is -2.15. The van der Waals surface area contributed by atoms with Crippen LogP contribution in [-0.2, 0) is 9.53 Å². The summed E-state index contributed by atoms with van der Waals surface area (Å²) in [5.74, 6) is -1.10. The topological polar surface area (TPSA) is 66.8 Å². The minimum Gasteiger partial charge on any atom is -0.478 e. The van der Waals surface area contributed by atoms with Gasteiger partial charge in [-0.15, -0.1) is 11.3 Å². The Morgan fingerprint density at radius 1 is 1.56 bits per heavy atom. The zero-order chi connectivity index (χ0) is 13.5. The number of methoxy groups -OCH3 is 1. The number of thiophene rings is 1. The Morgan fingerprint density at radius 3 is 2.89 bits per heavy atom. The van der Waals surface area contributed by atoms with Gasteiger partial charge in [-0.25, -0.2) is 4.79 Å². The van der Waals surface area contributed by atoms with Crippen LogP contribution in [0.5, 0.6) is 0 Å². The number of nitrogens with zero attached hydrogens (tertiary/aromatic N) is 1. The second kappa shape index (κ2) is 6.93. The molecule has 98 valence electrons.